The number of aryl methyl sites for hydroxylation is 1. The standard InChI is InChI=1S/C20H14ClN5O2S/c1-2-13-11-23-20(21)25-18(13)17-12-26(19-16(17)9-8-14(10-22)24-19)29(27,28)15-6-4-3-5-7-15/h3-9,11-12H,2H2,1H3. The van der Waals surface area contributed by atoms with Crippen LogP contribution in [0.5, 0.6) is 0 Å². The van der Waals surface area contributed by atoms with Crippen molar-refractivity contribution in [3.8, 4) is 17.3 Å². The van der Waals surface area contributed by atoms with E-state index in [1.165, 1.54) is 18.3 Å². The van der Waals surface area contributed by atoms with E-state index in [2.05, 4.69) is 15.0 Å². The number of hydrogen-bond acceptors (Lipinski definition) is 6. The number of nitriles is 1. The molecule has 0 atom stereocenters. The SMILES string of the molecule is CCc1cnc(Cl)nc1-c1cn(S(=O)(=O)c2ccccc2)c2nc(C#N)ccc12. The van der Waals surface area contributed by atoms with Crippen LogP contribution in [0, 0.1) is 11.3 Å². The molecule has 0 saturated carbocycles. The molecule has 29 heavy (non-hydrogen) atoms. The Hall–Kier alpha value is -3.28. The van der Waals surface area contributed by atoms with Crippen LogP contribution < -0.4 is 0 Å². The maximum atomic E-state index is 13.3. The second-order valence-corrected chi connectivity index (χ2v) is 8.36. The maximum absolute atomic E-state index is 13.3. The Kier molecular flexibility index (Phi) is 4.78. The lowest BCUT2D eigenvalue weighted by atomic mass is 10.1. The molecule has 3 heterocycles. The molecule has 1 aromatic carbocycles. The highest BCUT2D eigenvalue weighted by Crippen LogP contribution is 2.33. The third-order valence-electron chi connectivity index (χ3n) is 4.51. The molecule has 0 bridgehead atoms. The predicted molar refractivity (Wildman–Crippen MR) is 109 cm³/mol. The Balaban J connectivity index is 2.08. The van der Waals surface area contributed by atoms with E-state index in [1.807, 2.05) is 13.0 Å². The fraction of sp³-hybridized carbons (Fsp3) is 0.100. The molecule has 0 amide bonds. The summed E-state index contributed by atoms with van der Waals surface area (Å²) in [4.78, 5) is 12.7. The number of benzene rings is 1. The van der Waals surface area contributed by atoms with E-state index in [9.17, 15) is 13.7 Å². The van der Waals surface area contributed by atoms with Gasteiger partial charge in [-0.1, -0.05) is 25.1 Å². The zero-order valence-corrected chi connectivity index (χ0v) is 16.8. The van der Waals surface area contributed by atoms with Gasteiger partial charge in [0.1, 0.15) is 11.8 Å². The third kappa shape index (κ3) is 3.24. The van der Waals surface area contributed by atoms with Gasteiger partial charge in [0.15, 0.2) is 5.65 Å². The van der Waals surface area contributed by atoms with Crippen molar-refractivity contribution in [3.05, 3.63) is 71.4 Å². The number of pyridine rings is 1. The lowest BCUT2D eigenvalue weighted by Gasteiger charge is -2.06. The fourth-order valence-corrected chi connectivity index (χ4v) is 4.56. The first-order valence-electron chi connectivity index (χ1n) is 8.70. The zero-order valence-electron chi connectivity index (χ0n) is 15.2. The molecular formula is C20H14ClN5O2S. The number of nitrogens with zero attached hydrogens (tertiary/aromatic N) is 5. The van der Waals surface area contributed by atoms with Crippen molar-refractivity contribution in [1.82, 2.24) is 18.9 Å². The summed E-state index contributed by atoms with van der Waals surface area (Å²) in [6.45, 7) is 1.95. The minimum Gasteiger partial charge on any atom is -0.226 e. The predicted octanol–water partition coefficient (Wildman–Crippen LogP) is 3.82. The highest BCUT2D eigenvalue weighted by atomic mass is 35.5. The topological polar surface area (TPSA) is 102 Å². The molecule has 0 aliphatic rings. The molecular weight excluding hydrogens is 410 g/mol. The monoisotopic (exact) mass is 423 g/mol. The van der Waals surface area contributed by atoms with Gasteiger partial charge in [-0.15, -0.1) is 0 Å². The first-order valence-corrected chi connectivity index (χ1v) is 10.5. The van der Waals surface area contributed by atoms with E-state index < -0.39 is 10.0 Å². The lowest BCUT2D eigenvalue weighted by molar-refractivity contribution is 0.589. The van der Waals surface area contributed by atoms with Crippen LogP contribution in [-0.4, -0.2) is 27.3 Å². The second-order valence-electron chi connectivity index (χ2n) is 6.20. The number of aromatic nitrogens is 4. The summed E-state index contributed by atoms with van der Waals surface area (Å²) in [6.07, 6.45) is 3.73. The van der Waals surface area contributed by atoms with Gasteiger partial charge in [0.05, 0.1) is 10.6 Å². The van der Waals surface area contributed by atoms with Gasteiger partial charge in [-0.05, 0) is 47.9 Å². The smallest absolute Gasteiger partial charge is 0.226 e. The van der Waals surface area contributed by atoms with Gasteiger partial charge in [0, 0.05) is 23.3 Å². The average molecular weight is 424 g/mol. The number of hydrogen-bond donors (Lipinski definition) is 0. The molecule has 7 nitrogen and oxygen atoms in total. The van der Waals surface area contributed by atoms with Gasteiger partial charge < -0.3 is 0 Å². The molecule has 144 valence electrons. The third-order valence-corrected chi connectivity index (χ3v) is 6.35. The quantitative estimate of drug-likeness (QED) is 0.462. The molecule has 0 fully saturated rings. The van der Waals surface area contributed by atoms with Crippen LogP contribution >= 0.6 is 11.6 Å². The Bertz CT molecular complexity index is 1380. The summed E-state index contributed by atoms with van der Waals surface area (Å²) in [5, 5.41) is 9.85. The van der Waals surface area contributed by atoms with Crippen LogP contribution in [0.4, 0.5) is 0 Å². The molecule has 0 saturated heterocycles. The van der Waals surface area contributed by atoms with Gasteiger partial charge in [-0.2, -0.15) is 5.26 Å². The molecule has 4 aromatic rings. The van der Waals surface area contributed by atoms with Crippen LogP contribution in [-0.2, 0) is 16.4 Å². The van der Waals surface area contributed by atoms with Crippen molar-refractivity contribution in [2.45, 2.75) is 18.2 Å². The van der Waals surface area contributed by atoms with Crippen LogP contribution in [0.1, 0.15) is 18.2 Å². The van der Waals surface area contributed by atoms with Gasteiger partial charge in [-0.3, -0.25) is 0 Å². The van der Waals surface area contributed by atoms with E-state index in [1.54, 1.807) is 36.5 Å². The molecule has 4 rings (SSSR count). The Morgan fingerprint density at radius 2 is 1.90 bits per heavy atom. The average Bonchev–Trinajstić information content (AvgIpc) is 3.13. The van der Waals surface area contributed by atoms with E-state index >= 15 is 0 Å². The Morgan fingerprint density at radius 1 is 1.14 bits per heavy atom. The van der Waals surface area contributed by atoms with Crippen LogP contribution in [0.3, 0.4) is 0 Å². The Labute approximate surface area is 172 Å². The molecule has 0 radical (unpaired) electrons. The fourth-order valence-electron chi connectivity index (χ4n) is 3.09. The molecule has 9 heteroatoms. The second kappa shape index (κ2) is 7.28. The normalized spacial score (nSPS) is 11.5. The summed E-state index contributed by atoms with van der Waals surface area (Å²) in [5.41, 5.74) is 2.17. The van der Waals surface area contributed by atoms with Crippen LogP contribution in [0.2, 0.25) is 5.28 Å². The van der Waals surface area contributed by atoms with Crippen molar-refractivity contribution >= 4 is 32.7 Å². The van der Waals surface area contributed by atoms with Crippen LogP contribution in [0.25, 0.3) is 22.3 Å². The van der Waals surface area contributed by atoms with E-state index in [0.717, 1.165) is 9.54 Å². The maximum Gasteiger partial charge on any atom is 0.269 e. The minimum atomic E-state index is -3.94. The molecule has 3 aromatic heterocycles. The summed E-state index contributed by atoms with van der Waals surface area (Å²) >= 11 is 6.01. The first kappa shape index (κ1) is 19.1. The summed E-state index contributed by atoms with van der Waals surface area (Å²) in [7, 11) is -3.94. The van der Waals surface area contributed by atoms with Crippen molar-refractivity contribution in [2.75, 3.05) is 0 Å². The summed E-state index contributed by atoms with van der Waals surface area (Å²) in [6, 6.07) is 13.2. The zero-order chi connectivity index (χ0) is 20.6. The number of rotatable bonds is 4. The van der Waals surface area contributed by atoms with E-state index in [0.29, 0.717) is 23.1 Å². The van der Waals surface area contributed by atoms with Crippen molar-refractivity contribution < 1.29 is 8.42 Å². The summed E-state index contributed by atoms with van der Waals surface area (Å²) in [5.74, 6) is 0. The largest absolute Gasteiger partial charge is 0.269 e. The van der Waals surface area contributed by atoms with Gasteiger partial charge in [0.25, 0.3) is 10.0 Å². The number of fused-ring (bicyclic) bond motifs is 1. The van der Waals surface area contributed by atoms with Crippen molar-refractivity contribution in [1.29, 1.82) is 5.26 Å². The molecule has 0 aliphatic carbocycles. The highest BCUT2D eigenvalue weighted by molar-refractivity contribution is 7.90. The van der Waals surface area contributed by atoms with E-state index in [-0.39, 0.29) is 21.5 Å². The molecule has 0 N–H and O–H groups in total. The molecule has 0 spiro atoms. The first-order chi connectivity index (χ1) is 14.0. The van der Waals surface area contributed by atoms with Gasteiger partial charge >= 0.3 is 0 Å². The van der Waals surface area contributed by atoms with E-state index in [4.69, 9.17) is 11.6 Å². The lowest BCUT2D eigenvalue weighted by Crippen LogP contribution is -2.12. The van der Waals surface area contributed by atoms with Gasteiger partial charge in [0.2, 0.25) is 5.28 Å². The summed E-state index contributed by atoms with van der Waals surface area (Å²) < 4.78 is 27.7. The minimum absolute atomic E-state index is 0.0608. The van der Waals surface area contributed by atoms with Gasteiger partial charge in [-0.25, -0.2) is 27.3 Å². The van der Waals surface area contributed by atoms with Crippen LogP contribution in [0.15, 0.2) is 59.8 Å². The number of halogens is 1. The molecule has 0 aliphatic heterocycles. The Morgan fingerprint density at radius 3 is 2.59 bits per heavy atom. The highest BCUT2D eigenvalue weighted by Gasteiger charge is 2.24. The van der Waals surface area contributed by atoms with Crippen molar-refractivity contribution in [3.63, 3.8) is 0 Å². The molecule has 0 unspecified atom stereocenters. The van der Waals surface area contributed by atoms with Crippen molar-refractivity contribution in [2.24, 2.45) is 0 Å².